The third-order valence-corrected chi connectivity index (χ3v) is 3.80. The van der Waals surface area contributed by atoms with Crippen LogP contribution in [0, 0.1) is 11.3 Å². The molecule has 1 heterocycles. The fourth-order valence-corrected chi connectivity index (χ4v) is 2.69. The minimum atomic E-state index is 0.317. The van der Waals surface area contributed by atoms with Gasteiger partial charge in [-0.15, -0.1) is 0 Å². The smallest absolute Gasteiger partial charge is 0.0991 e. The molecule has 1 unspecified atom stereocenters. The van der Waals surface area contributed by atoms with E-state index in [0.29, 0.717) is 11.6 Å². The number of hydrogen-bond acceptors (Lipinski definition) is 3. The van der Waals surface area contributed by atoms with Crippen LogP contribution in [0.2, 0.25) is 0 Å². The number of hydrazone groups is 1. The third kappa shape index (κ3) is 3.11. The lowest BCUT2D eigenvalue weighted by Crippen LogP contribution is -2.17. The normalized spacial score (nSPS) is 18.0. The Balaban J connectivity index is 1.76. The Kier molecular flexibility index (Phi) is 3.97. The van der Waals surface area contributed by atoms with Crippen LogP contribution in [0.3, 0.4) is 0 Å². The zero-order valence-corrected chi connectivity index (χ0v) is 11.8. The Bertz CT molecular complexity index is 653. The number of benzene rings is 2. The van der Waals surface area contributed by atoms with Crippen molar-refractivity contribution < 1.29 is 0 Å². The predicted molar refractivity (Wildman–Crippen MR) is 83.9 cm³/mol. The topological polar surface area (TPSA) is 39.4 Å². The Hall–Kier alpha value is -2.60. The van der Waals surface area contributed by atoms with Gasteiger partial charge in [0, 0.05) is 6.54 Å². The van der Waals surface area contributed by atoms with Gasteiger partial charge < -0.3 is 0 Å². The fourth-order valence-electron chi connectivity index (χ4n) is 2.69. The molecule has 1 saturated heterocycles. The molecule has 1 atom stereocenters. The van der Waals surface area contributed by atoms with Crippen LogP contribution in [0.5, 0.6) is 0 Å². The Morgan fingerprint density at radius 2 is 1.86 bits per heavy atom. The summed E-state index contributed by atoms with van der Waals surface area (Å²) < 4.78 is 0. The van der Waals surface area contributed by atoms with Crippen LogP contribution in [-0.4, -0.2) is 17.8 Å². The van der Waals surface area contributed by atoms with E-state index in [2.05, 4.69) is 28.3 Å². The van der Waals surface area contributed by atoms with E-state index in [0.717, 1.165) is 24.9 Å². The van der Waals surface area contributed by atoms with Gasteiger partial charge in [0.2, 0.25) is 0 Å². The summed E-state index contributed by atoms with van der Waals surface area (Å²) in [6.07, 6.45) is 4.18. The summed E-state index contributed by atoms with van der Waals surface area (Å²) in [5, 5.41) is 15.7. The van der Waals surface area contributed by atoms with Gasteiger partial charge in [0.1, 0.15) is 0 Å². The standard InChI is InChI=1S/C18H17N3/c19-13-15-8-10-17(11-9-15)18-7-4-12-21(18)20-14-16-5-2-1-3-6-16/h1-3,5-6,8-11,14,18H,4,7,12H2/b20-14+. The molecule has 0 aromatic heterocycles. The van der Waals surface area contributed by atoms with Crippen LogP contribution in [0.1, 0.15) is 35.6 Å². The molecule has 0 spiro atoms. The molecule has 3 rings (SSSR count). The maximum absolute atomic E-state index is 8.87. The highest BCUT2D eigenvalue weighted by atomic mass is 15.5. The maximum atomic E-state index is 8.87. The number of rotatable bonds is 3. The Morgan fingerprint density at radius 3 is 2.57 bits per heavy atom. The summed E-state index contributed by atoms with van der Waals surface area (Å²) in [7, 11) is 0. The van der Waals surface area contributed by atoms with Gasteiger partial charge in [-0.05, 0) is 36.1 Å². The molecule has 0 amide bonds. The van der Waals surface area contributed by atoms with E-state index in [-0.39, 0.29) is 0 Å². The Labute approximate surface area is 125 Å². The average molecular weight is 275 g/mol. The molecular weight excluding hydrogens is 258 g/mol. The zero-order valence-electron chi connectivity index (χ0n) is 11.8. The fraction of sp³-hybridized carbons (Fsp3) is 0.222. The van der Waals surface area contributed by atoms with Gasteiger partial charge in [-0.3, -0.25) is 5.01 Å². The maximum Gasteiger partial charge on any atom is 0.0991 e. The molecule has 104 valence electrons. The highest BCUT2D eigenvalue weighted by Crippen LogP contribution is 2.32. The lowest BCUT2D eigenvalue weighted by atomic mass is 10.0. The van der Waals surface area contributed by atoms with E-state index in [1.54, 1.807) is 0 Å². The predicted octanol–water partition coefficient (Wildman–Crippen LogP) is 3.73. The van der Waals surface area contributed by atoms with Crippen LogP contribution < -0.4 is 0 Å². The summed E-state index contributed by atoms with van der Waals surface area (Å²) in [5.74, 6) is 0. The van der Waals surface area contributed by atoms with Crippen molar-refractivity contribution in [2.45, 2.75) is 18.9 Å². The molecular formula is C18H17N3. The van der Waals surface area contributed by atoms with Gasteiger partial charge in [0.05, 0.1) is 23.9 Å². The summed E-state index contributed by atoms with van der Waals surface area (Å²) in [6.45, 7) is 0.980. The molecule has 2 aromatic rings. The second-order valence-corrected chi connectivity index (χ2v) is 5.21. The van der Waals surface area contributed by atoms with Crippen LogP contribution in [0.4, 0.5) is 0 Å². The molecule has 3 heteroatoms. The molecule has 3 nitrogen and oxygen atoms in total. The van der Waals surface area contributed by atoms with E-state index in [1.165, 1.54) is 5.56 Å². The number of nitrogens with zero attached hydrogens (tertiary/aromatic N) is 3. The Morgan fingerprint density at radius 1 is 1.10 bits per heavy atom. The molecule has 0 bridgehead atoms. The lowest BCUT2D eigenvalue weighted by Gasteiger charge is -2.21. The second-order valence-electron chi connectivity index (χ2n) is 5.21. The summed E-state index contributed by atoms with van der Waals surface area (Å²) in [4.78, 5) is 0. The highest BCUT2D eigenvalue weighted by Gasteiger charge is 2.24. The largest absolute Gasteiger partial charge is 0.290 e. The molecule has 0 N–H and O–H groups in total. The van der Waals surface area contributed by atoms with Crippen molar-refractivity contribution in [2.24, 2.45) is 5.10 Å². The molecule has 0 aliphatic carbocycles. The first kappa shape index (κ1) is 13.4. The van der Waals surface area contributed by atoms with Crippen LogP contribution >= 0.6 is 0 Å². The first-order chi connectivity index (χ1) is 10.4. The second kappa shape index (κ2) is 6.23. The first-order valence-electron chi connectivity index (χ1n) is 7.22. The van der Waals surface area contributed by atoms with Crippen molar-refractivity contribution in [3.63, 3.8) is 0 Å². The molecule has 1 aliphatic rings. The van der Waals surface area contributed by atoms with Gasteiger partial charge in [-0.1, -0.05) is 42.5 Å². The SMILES string of the molecule is N#Cc1ccc(C2CCCN2/N=C/c2ccccc2)cc1. The minimum Gasteiger partial charge on any atom is -0.290 e. The van der Waals surface area contributed by atoms with Crippen molar-refractivity contribution in [1.82, 2.24) is 5.01 Å². The average Bonchev–Trinajstić information content (AvgIpc) is 3.02. The molecule has 1 fully saturated rings. The van der Waals surface area contributed by atoms with Crippen molar-refractivity contribution in [1.29, 1.82) is 5.26 Å². The number of nitriles is 1. The van der Waals surface area contributed by atoms with Gasteiger partial charge >= 0.3 is 0 Å². The van der Waals surface area contributed by atoms with Gasteiger partial charge in [0.15, 0.2) is 0 Å². The quantitative estimate of drug-likeness (QED) is 0.801. The van der Waals surface area contributed by atoms with E-state index in [4.69, 9.17) is 5.26 Å². The molecule has 2 aromatic carbocycles. The number of hydrogen-bond donors (Lipinski definition) is 0. The molecule has 21 heavy (non-hydrogen) atoms. The van der Waals surface area contributed by atoms with E-state index in [1.807, 2.05) is 48.7 Å². The zero-order chi connectivity index (χ0) is 14.5. The molecule has 0 radical (unpaired) electrons. The van der Waals surface area contributed by atoms with E-state index >= 15 is 0 Å². The van der Waals surface area contributed by atoms with Crippen LogP contribution in [0.25, 0.3) is 0 Å². The minimum absolute atomic E-state index is 0.317. The third-order valence-electron chi connectivity index (χ3n) is 3.80. The first-order valence-corrected chi connectivity index (χ1v) is 7.22. The summed E-state index contributed by atoms with van der Waals surface area (Å²) in [5.41, 5.74) is 3.05. The summed E-state index contributed by atoms with van der Waals surface area (Å²) in [6, 6.07) is 20.5. The van der Waals surface area contributed by atoms with Gasteiger partial charge in [-0.25, -0.2) is 0 Å². The van der Waals surface area contributed by atoms with Gasteiger partial charge in [-0.2, -0.15) is 10.4 Å². The molecule has 1 aliphatic heterocycles. The van der Waals surface area contributed by atoms with Crippen molar-refractivity contribution in [3.8, 4) is 6.07 Å². The van der Waals surface area contributed by atoms with Gasteiger partial charge in [0.25, 0.3) is 0 Å². The van der Waals surface area contributed by atoms with Crippen molar-refractivity contribution in [3.05, 3.63) is 71.3 Å². The lowest BCUT2D eigenvalue weighted by molar-refractivity contribution is 0.272. The van der Waals surface area contributed by atoms with Crippen molar-refractivity contribution >= 4 is 6.21 Å². The highest BCUT2D eigenvalue weighted by molar-refractivity contribution is 5.79. The van der Waals surface area contributed by atoms with Crippen LogP contribution in [0.15, 0.2) is 59.7 Å². The van der Waals surface area contributed by atoms with Crippen LogP contribution in [-0.2, 0) is 0 Å². The van der Waals surface area contributed by atoms with E-state index < -0.39 is 0 Å². The van der Waals surface area contributed by atoms with E-state index in [9.17, 15) is 0 Å². The monoisotopic (exact) mass is 275 g/mol. The molecule has 0 saturated carbocycles. The summed E-state index contributed by atoms with van der Waals surface area (Å²) >= 11 is 0. The van der Waals surface area contributed by atoms with Crippen molar-refractivity contribution in [2.75, 3.05) is 6.54 Å².